The van der Waals surface area contributed by atoms with E-state index in [1.807, 2.05) is 0 Å². The van der Waals surface area contributed by atoms with E-state index in [1.165, 1.54) is 44.4 Å². The van der Waals surface area contributed by atoms with Crippen LogP contribution in [-0.4, -0.2) is 45.3 Å². The van der Waals surface area contributed by atoms with Crippen molar-refractivity contribution in [2.24, 2.45) is 0 Å². The van der Waals surface area contributed by atoms with Gasteiger partial charge in [-0.3, -0.25) is 4.79 Å². The quantitative estimate of drug-likeness (QED) is 0.257. The molecule has 0 spiro atoms. The molecule has 0 aliphatic heterocycles. The molecule has 0 bridgehead atoms. The van der Waals surface area contributed by atoms with Gasteiger partial charge in [-0.05, 0) is 66.1 Å². The summed E-state index contributed by atoms with van der Waals surface area (Å²) < 4.78 is 44.7. The van der Waals surface area contributed by atoms with Crippen LogP contribution in [0, 0.1) is 12.7 Å². The Morgan fingerprint density at radius 1 is 1.03 bits per heavy atom. The fraction of sp³-hybridized carbons (Fsp3) is 0.154. The molecule has 10 heteroatoms. The van der Waals surface area contributed by atoms with E-state index in [9.17, 15) is 22.4 Å². The van der Waals surface area contributed by atoms with E-state index in [4.69, 9.17) is 16.3 Å². The minimum atomic E-state index is -3.71. The fourth-order valence-electron chi connectivity index (χ4n) is 3.17. The van der Waals surface area contributed by atoms with Crippen molar-refractivity contribution in [2.45, 2.75) is 11.8 Å². The highest BCUT2D eigenvalue weighted by Gasteiger charge is 2.21. The second kappa shape index (κ2) is 11.5. The summed E-state index contributed by atoms with van der Waals surface area (Å²) in [5.74, 6) is -1.93. The predicted molar refractivity (Wildman–Crippen MR) is 137 cm³/mol. The van der Waals surface area contributed by atoms with Gasteiger partial charge in [0.2, 0.25) is 10.0 Å². The number of carbonyl (C=O) groups excluding carboxylic acids is 2. The Hall–Kier alpha value is -3.53. The highest BCUT2D eigenvalue weighted by Crippen LogP contribution is 2.23. The van der Waals surface area contributed by atoms with Crippen molar-refractivity contribution in [1.29, 1.82) is 0 Å². The van der Waals surface area contributed by atoms with Gasteiger partial charge in [0.1, 0.15) is 5.82 Å². The van der Waals surface area contributed by atoms with Gasteiger partial charge >= 0.3 is 5.97 Å². The molecule has 0 aromatic heterocycles. The van der Waals surface area contributed by atoms with Gasteiger partial charge in [-0.2, -0.15) is 0 Å². The van der Waals surface area contributed by atoms with Crippen molar-refractivity contribution >= 4 is 50.8 Å². The zero-order chi connectivity index (χ0) is 26.5. The first-order valence-corrected chi connectivity index (χ1v) is 12.5. The summed E-state index contributed by atoms with van der Waals surface area (Å²) in [6.07, 6.45) is 1.54. The second-order valence-electron chi connectivity index (χ2n) is 8.01. The summed E-state index contributed by atoms with van der Waals surface area (Å²) in [5.41, 5.74) is 1.91. The van der Waals surface area contributed by atoms with Crippen LogP contribution in [0.1, 0.15) is 16.7 Å². The van der Waals surface area contributed by atoms with Crippen molar-refractivity contribution in [1.82, 2.24) is 4.31 Å². The number of nitrogens with one attached hydrogen (secondary N) is 1. The normalized spacial score (nSPS) is 11.9. The Morgan fingerprint density at radius 2 is 1.67 bits per heavy atom. The number of esters is 1. The number of benzene rings is 3. The predicted octanol–water partition coefficient (Wildman–Crippen LogP) is 4.76. The monoisotopic (exact) mass is 530 g/mol. The smallest absolute Gasteiger partial charge is 0.339 e. The molecule has 0 saturated heterocycles. The third kappa shape index (κ3) is 6.78. The molecule has 36 heavy (non-hydrogen) atoms. The molecule has 0 aliphatic carbocycles. The fourth-order valence-corrected chi connectivity index (χ4v) is 4.44. The first-order chi connectivity index (χ1) is 17.0. The van der Waals surface area contributed by atoms with Gasteiger partial charge in [0.05, 0.1) is 10.5 Å². The Bertz CT molecular complexity index is 1400. The number of nitrogens with zero attached hydrogens (tertiary/aromatic N) is 1. The van der Waals surface area contributed by atoms with E-state index >= 15 is 0 Å². The zero-order valence-corrected chi connectivity index (χ0v) is 21.4. The lowest BCUT2D eigenvalue weighted by molar-refractivity contribution is -0.141. The standard InChI is InChI=1S/C26H24ClFN2O5S/c1-17-4-13-22(15-24(17)36(33,34)30(2)3)29-25(31)16-35-26(32)23(19-7-11-21(28)12-8-19)14-18-5-9-20(27)10-6-18/h4-15H,16H2,1-3H3,(H,29,31)/b23-14+. The number of amides is 1. The first-order valence-electron chi connectivity index (χ1n) is 10.7. The average Bonchev–Trinajstić information content (AvgIpc) is 2.84. The van der Waals surface area contributed by atoms with E-state index in [1.54, 1.807) is 49.4 Å². The highest BCUT2D eigenvalue weighted by atomic mass is 35.5. The summed E-state index contributed by atoms with van der Waals surface area (Å²) in [5, 5.41) is 3.06. The van der Waals surface area contributed by atoms with Gasteiger partial charge in [0.15, 0.2) is 6.61 Å². The molecular weight excluding hydrogens is 507 g/mol. The van der Waals surface area contributed by atoms with Crippen LogP contribution in [0.15, 0.2) is 71.6 Å². The van der Waals surface area contributed by atoms with Crippen LogP contribution in [0.3, 0.4) is 0 Å². The molecule has 3 aromatic rings. The van der Waals surface area contributed by atoms with Crippen LogP contribution in [-0.2, 0) is 24.3 Å². The maximum Gasteiger partial charge on any atom is 0.339 e. The molecule has 0 saturated carbocycles. The molecule has 0 radical (unpaired) electrons. The summed E-state index contributed by atoms with van der Waals surface area (Å²) >= 11 is 5.92. The maximum atomic E-state index is 13.4. The number of carbonyl (C=O) groups is 2. The van der Waals surface area contributed by atoms with E-state index in [0.717, 1.165) is 4.31 Å². The molecule has 0 heterocycles. The van der Waals surface area contributed by atoms with Gasteiger partial charge in [0.25, 0.3) is 5.91 Å². The number of sulfonamides is 1. The molecule has 1 amide bonds. The van der Waals surface area contributed by atoms with E-state index in [-0.39, 0.29) is 16.2 Å². The lowest BCUT2D eigenvalue weighted by atomic mass is 10.0. The van der Waals surface area contributed by atoms with Crippen LogP contribution < -0.4 is 5.32 Å². The SMILES string of the molecule is Cc1ccc(NC(=O)COC(=O)/C(=C/c2ccc(Cl)cc2)c2ccc(F)cc2)cc1S(=O)(=O)N(C)C. The zero-order valence-electron chi connectivity index (χ0n) is 19.8. The van der Waals surface area contributed by atoms with Gasteiger partial charge in [-0.15, -0.1) is 0 Å². The molecule has 188 valence electrons. The molecular formula is C26H24ClFN2O5S. The van der Waals surface area contributed by atoms with Crippen LogP contribution >= 0.6 is 11.6 Å². The number of aryl methyl sites for hydroxylation is 1. The Balaban J connectivity index is 1.76. The van der Waals surface area contributed by atoms with Crippen LogP contribution in [0.2, 0.25) is 5.02 Å². The Kier molecular flexibility index (Phi) is 8.62. The molecule has 1 N–H and O–H groups in total. The molecule has 3 rings (SSSR count). The van der Waals surface area contributed by atoms with Crippen molar-refractivity contribution in [3.05, 3.63) is 94.3 Å². The minimum Gasteiger partial charge on any atom is -0.452 e. The summed E-state index contributed by atoms with van der Waals surface area (Å²) in [6.45, 7) is 1.02. The highest BCUT2D eigenvalue weighted by molar-refractivity contribution is 7.89. The van der Waals surface area contributed by atoms with Crippen molar-refractivity contribution in [3.63, 3.8) is 0 Å². The van der Waals surface area contributed by atoms with E-state index in [2.05, 4.69) is 5.32 Å². The van der Waals surface area contributed by atoms with E-state index in [0.29, 0.717) is 21.7 Å². The third-order valence-corrected chi connectivity index (χ3v) is 7.33. The number of anilines is 1. The van der Waals surface area contributed by atoms with E-state index < -0.39 is 34.3 Å². The first kappa shape index (κ1) is 27.1. The summed E-state index contributed by atoms with van der Waals surface area (Å²) in [7, 11) is -0.890. The lowest BCUT2D eigenvalue weighted by Crippen LogP contribution is -2.24. The number of halogens is 2. The molecule has 0 unspecified atom stereocenters. The largest absolute Gasteiger partial charge is 0.452 e. The second-order valence-corrected chi connectivity index (χ2v) is 10.6. The summed E-state index contributed by atoms with van der Waals surface area (Å²) in [4.78, 5) is 25.4. The lowest BCUT2D eigenvalue weighted by Gasteiger charge is -2.15. The van der Waals surface area contributed by atoms with Crippen molar-refractivity contribution in [3.8, 4) is 0 Å². The van der Waals surface area contributed by atoms with Crippen LogP contribution in [0.25, 0.3) is 11.6 Å². The number of hydrogen-bond donors (Lipinski definition) is 1. The molecule has 0 aliphatic rings. The third-order valence-electron chi connectivity index (χ3n) is 5.12. The molecule has 0 atom stereocenters. The van der Waals surface area contributed by atoms with Crippen molar-refractivity contribution in [2.75, 3.05) is 26.0 Å². The molecule has 3 aromatic carbocycles. The minimum absolute atomic E-state index is 0.0480. The Morgan fingerprint density at radius 3 is 2.28 bits per heavy atom. The van der Waals surface area contributed by atoms with Gasteiger partial charge < -0.3 is 10.1 Å². The van der Waals surface area contributed by atoms with Crippen LogP contribution in [0.4, 0.5) is 10.1 Å². The maximum absolute atomic E-state index is 13.4. The summed E-state index contributed by atoms with van der Waals surface area (Å²) in [6, 6.07) is 16.4. The average molecular weight is 531 g/mol. The van der Waals surface area contributed by atoms with Crippen molar-refractivity contribution < 1.29 is 27.1 Å². The van der Waals surface area contributed by atoms with Crippen LogP contribution in [0.5, 0.6) is 0 Å². The topological polar surface area (TPSA) is 92.8 Å². The Labute approximate surface area is 214 Å². The number of ether oxygens (including phenoxy) is 1. The molecule has 7 nitrogen and oxygen atoms in total. The number of hydrogen-bond acceptors (Lipinski definition) is 5. The van der Waals surface area contributed by atoms with Gasteiger partial charge in [-0.1, -0.05) is 41.9 Å². The number of rotatable bonds is 8. The van der Waals surface area contributed by atoms with Gasteiger partial charge in [-0.25, -0.2) is 21.9 Å². The van der Waals surface area contributed by atoms with Gasteiger partial charge in [0, 0.05) is 24.8 Å². The molecule has 0 fully saturated rings.